The minimum Gasteiger partial charge on any atom is -0.376 e. The van der Waals surface area contributed by atoms with Gasteiger partial charge in [0.2, 0.25) is 5.91 Å². The van der Waals surface area contributed by atoms with Gasteiger partial charge >= 0.3 is 0 Å². The fourth-order valence-corrected chi connectivity index (χ4v) is 2.12. The topological polar surface area (TPSA) is 64.4 Å². The lowest BCUT2D eigenvalue weighted by molar-refractivity contribution is -0.121. The van der Waals surface area contributed by atoms with E-state index in [0.717, 1.165) is 25.0 Å². The molecule has 98 valence electrons. The largest absolute Gasteiger partial charge is 0.376 e. The first-order chi connectivity index (χ1) is 8.75. The third kappa shape index (κ3) is 3.82. The van der Waals surface area contributed by atoms with Crippen molar-refractivity contribution in [1.29, 1.82) is 0 Å². The van der Waals surface area contributed by atoms with Crippen molar-refractivity contribution in [2.24, 2.45) is 5.73 Å². The van der Waals surface area contributed by atoms with Gasteiger partial charge < -0.3 is 15.8 Å². The maximum atomic E-state index is 11.7. The Morgan fingerprint density at radius 3 is 2.89 bits per heavy atom. The smallest absolute Gasteiger partial charge is 0.221 e. The Morgan fingerprint density at radius 2 is 2.22 bits per heavy atom. The highest BCUT2D eigenvalue weighted by atomic mass is 16.5. The zero-order valence-electron chi connectivity index (χ0n) is 10.5. The van der Waals surface area contributed by atoms with Gasteiger partial charge in [0.25, 0.3) is 0 Å². The fourth-order valence-electron chi connectivity index (χ4n) is 2.12. The van der Waals surface area contributed by atoms with E-state index in [-0.39, 0.29) is 18.1 Å². The van der Waals surface area contributed by atoms with Crippen molar-refractivity contribution in [1.82, 2.24) is 5.32 Å². The van der Waals surface area contributed by atoms with Crippen molar-refractivity contribution in [2.75, 3.05) is 13.2 Å². The average Bonchev–Trinajstić information content (AvgIpc) is 2.90. The van der Waals surface area contributed by atoms with Gasteiger partial charge in [-0.05, 0) is 18.4 Å². The first-order valence-corrected chi connectivity index (χ1v) is 6.44. The summed E-state index contributed by atoms with van der Waals surface area (Å²) in [7, 11) is 0. The molecule has 1 heterocycles. The molecule has 1 aliphatic rings. The molecule has 0 aliphatic carbocycles. The predicted octanol–water partition coefficient (Wildman–Crippen LogP) is 1.37. The fraction of sp³-hybridized carbons (Fsp3) is 0.500. The van der Waals surface area contributed by atoms with Crippen LogP contribution in [0.4, 0.5) is 0 Å². The number of hydrogen-bond donors (Lipinski definition) is 2. The molecular weight excluding hydrogens is 228 g/mol. The van der Waals surface area contributed by atoms with Crippen molar-refractivity contribution >= 4 is 5.91 Å². The Balaban J connectivity index is 1.73. The van der Waals surface area contributed by atoms with Crippen LogP contribution in [-0.2, 0) is 9.53 Å². The summed E-state index contributed by atoms with van der Waals surface area (Å²) in [6.45, 7) is 1.41. The molecule has 3 N–H and O–H groups in total. The summed E-state index contributed by atoms with van der Waals surface area (Å²) in [6, 6.07) is 9.44. The highest BCUT2D eigenvalue weighted by Crippen LogP contribution is 2.14. The molecule has 2 unspecified atom stereocenters. The minimum atomic E-state index is -0.240. The van der Waals surface area contributed by atoms with E-state index < -0.39 is 0 Å². The second-order valence-corrected chi connectivity index (χ2v) is 4.66. The number of rotatable bonds is 5. The molecule has 18 heavy (non-hydrogen) atoms. The molecule has 0 spiro atoms. The summed E-state index contributed by atoms with van der Waals surface area (Å²) in [5, 5.41) is 2.88. The molecule has 1 fully saturated rings. The lowest BCUT2D eigenvalue weighted by Gasteiger charge is -2.14. The van der Waals surface area contributed by atoms with Crippen LogP contribution < -0.4 is 11.1 Å². The van der Waals surface area contributed by atoms with Gasteiger partial charge in [-0.25, -0.2) is 0 Å². The van der Waals surface area contributed by atoms with Crippen LogP contribution in [0.2, 0.25) is 0 Å². The predicted molar refractivity (Wildman–Crippen MR) is 70.0 cm³/mol. The van der Waals surface area contributed by atoms with Crippen molar-refractivity contribution < 1.29 is 9.53 Å². The second-order valence-electron chi connectivity index (χ2n) is 4.66. The molecule has 0 radical (unpaired) electrons. The molecule has 1 aromatic rings. The number of carbonyl (C=O) groups excluding carboxylic acids is 1. The summed E-state index contributed by atoms with van der Waals surface area (Å²) in [6.07, 6.45) is 2.62. The number of benzene rings is 1. The van der Waals surface area contributed by atoms with Gasteiger partial charge in [-0.15, -0.1) is 0 Å². The quantitative estimate of drug-likeness (QED) is 0.827. The first-order valence-electron chi connectivity index (χ1n) is 6.44. The van der Waals surface area contributed by atoms with Gasteiger partial charge in [0.1, 0.15) is 0 Å². The van der Waals surface area contributed by atoms with Crippen LogP contribution in [0.15, 0.2) is 30.3 Å². The zero-order chi connectivity index (χ0) is 12.8. The monoisotopic (exact) mass is 248 g/mol. The highest BCUT2D eigenvalue weighted by molar-refractivity contribution is 5.76. The van der Waals surface area contributed by atoms with E-state index in [9.17, 15) is 4.79 Å². The Bertz CT molecular complexity index is 375. The van der Waals surface area contributed by atoms with Crippen LogP contribution in [-0.4, -0.2) is 25.2 Å². The number of nitrogens with two attached hydrogens (primary N) is 1. The summed E-state index contributed by atoms with van der Waals surface area (Å²) < 4.78 is 5.45. The van der Waals surface area contributed by atoms with Crippen molar-refractivity contribution in [3.63, 3.8) is 0 Å². The van der Waals surface area contributed by atoms with E-state index in [2.05, 4.69) is 5.32 Å². The molecule has 4 nitrogen and oxygen atoms in total. The molecule has 0 bridgehead atoms. The molecule has 2 atom stereocenters. The average molecular weight is 248 g/mol. The SMILES string of the molecule is NC(CC(=O)NCC1CCCO1)c1ccccc1. The summed E-state index contributed by atoms with van der Waals surface area (Å²) in [4.78, 5) is 11.7. The van der Waals surface area contributed by atoms with Crippen LogP contribution >= 0.6 is 0 Å². The first kappa shape index (κ1) is 13.1. The molecule has 4 heteroatoms. The lowest BCUT2D eigenvalue weighted by atomic mass is 10.0. The van der Waals surface area contributed by atoms with Crippen LogP contribution in [0.1, 0.15) is 30.9 Å². The molecule has 0 aromatic heterocycles. The Labute approximate surface area is 108 Å². The van der Waals surface area contributed by atoms with E-state index in [0.29, 0.717) is 13.0 Å². The molecule has 1 saturated heterocycles. The van der Waals surface area contributed by atoms with Crippen LogP contribution in [0.25, 0.3) is 0 Å². The normalized spacial score (nSPS) is 20.6. The Morgan fingerprint density at radius 1 is 1.44 bits per heavy atom. The maximum absolute atomic E-state index is 11.7. The van der Waals surface area contributed by atoms with Gasteiger partial charge in [0, 0.05) is 25.6 Å². The van der Waals surface area contributed by atoms with Gasteiger partial charge in [0.15, 0.2) is 0 Å². The molecule has 2 rings (SSSR count). The van der Waals surface area contributed by atoms with Crippen molar-refractivity contribution in [2.45, 2.75) is 31.4 Å². The standard InChI is InChI=1S/C14H20N2O2/c15-13(11-5-2-1-3-6-11)9-14(17)16-10-12-7-4-8-18-12/h1-3,5-6,12-13H,4,7-10,15H2,(H,16,17). The Kier molecular flexibility index (Phi) is 4.73. The number of amides is 1. The van der Waals surface area contributed by atoms with Crippen molar-refractivity contribution in [3.8, 4) is 0 Å². The highest BCUT2D eigenvalue weighted by Gasteiger charge is 2.17. The van der Waals surface area contributed by atoms with Gasteiger partial charge in [-0.1, -0.05) is 30.3 Å². The van der Waals surface area contributed by atoms with E-state index >= 15 is 0 Å². The molecule has 1 amide bonds. The summed E-state index contributed by atoms with van der Waals surface area (Å²) in [5.74, 6) is -0.0122. The zero-order valence-corrected chi connectivity index (χ0v) is 10.5. The van der Waals surface area contributed by atoms with E-state index in [4.69, 9.17) is 10.5 Å². The third-order valence-electron chi connectivity index (χ3n) is 3.18. The Hall–Kier alpha value is -1.39. The molecule has 0 saturated carbocycles. The van der Waals surface area contributed by atoms with Gasteiger partial charge in [-0.2, -0.15) is 0 Å². The number of nitrogens with one attached hydrogen (secondary N) is 1. The van der Waals surface area contributed by atoms with E-state index in [1.54, 1.807) is 0 Å². The van der Waals surface area contributed by atoms with E-state index in [1.165, 1.54) is 0 Å². The minimum absolute atomic E-state index is 0.0122. The summed E-state index contributed by atoms with van der Waals surface area (Å²) >= 11 is 0. The summed E-state index contributed by atoms with van der Waals surface area (Å²) in [5.41, 5.74) is 6.98. The lowest BCUT2D eigenvalue weighted by Crippen LogP contribution is -2.33. The third-order valence-corrected chi connectivity index (χ3v) is 3.18. The number of hydrogen-bond acceptors (Lipinski definition) is 3. The van der Waals surface area contributed by atoms with Crippen molar-refractivity contribution in [3.05, 3.63) is 35.9 Å². The van der Waals surface area contributed by atoms with Gasteiger partial charge in [0.05, 0.1) is 6.10 Å². The molecule has 1 aliphatic heterocycles. The second kappa shape index (κ2) is 6.52. The maximum Gasteiger partial charge on any atom is 0.221 e. The van der Waals surface area contributed by atoms with Crippen LogP contribution in [0.5, 0.6) is 0 Å². The van der Waals surface area contributed by atoms with Crippen LogP contribution in [0, 0.1) is 0 Å². The van der Waals surface area contributed by atoms with Crippen LogP contribution in [0.3, 0.4) is 0 Å². The molecular formula is C14H20N2O2. The number of carbonyl (C=O) groups is 1. The molecule has 1 aromatic carbocycles. The number of ether oxygens (including phenoxy) is 1. The van der Waals surface area contributed by atoms with Gasteiger partial charge in [-0.3, -0.25) is 4.79 Å². The van der Waals surface area contributed by atoms with E-state index in [1.807, 2.05) is 30.3 Å².